The molecule has 100 valence electrons. The third kappa shape index (κ3) is 3.24. The molecule has 2 saturated carbocycles. The molecule has 2 aliphatic carbocycles. The summed E-state index contributed by atoms with van der Waals surface area (Å²) in [4.78, 5) is 0. The van der Waals surface area contributed by atoms with E-state index in [-0.39, 0.29) is 0 Å². The summed E-state index contributed by atoms with van der Waals surface area (Å²) >= 11 is 0. The van der Waals surface area contributed by atoms with E-state index in [1.54, 1.807) is 0 Å². The van der Waals surface area contributed by atoms with Crippen LogP contribution in [0.1, 0.15) is 79.1 Å². The molecule has 1 spiro atoms. The average molecular weight is 237 g/mol. The lowest BCUT2D eigenvalue weighted by atomic mass is 9.71. The minimum absolute atomic E-state index is 0.391. The van der Waals surface area contributed by atoms with Crippen molar-refractivity contribution in [1.29, 1.82) is 0 Å². The fourth-order valence-corrected chi connectivity index (χ4v) is 3.63. The zero-order valence-electron chi connectivity index (χ0n) is 12.3. The first-order valence-electron chi connectivity index (χ1n) is 7.67. The van der Waals surface area contributed by atoms with Gasteiger partial charge in [0.25, 0.3) is 0 Å². The zero-order valence-corrected chi connectivity index (χ0v) is 12.3. The van der Waals surface area contributed by atoms with Crippen molar-refractivity contribution in [2.24, 2.45) is 10.8 Å². The lowest BCUT2D eigenvalue weighted by molar-refractivity contribution is 0.149. The van der Waals surface area contributed by atoms with E-state index in [4.69, 9.17) is 0 Å². The lowest BCUT2D eigenvalue weighted by Crippen LogP contribution is -2.46. The number of hydrogen-bond acceptors (Lipinski definition) is 1. The molecule has 0 radical (unpaired) electrons. The quantitative estimate of drug-likeness (QED) is 0.745. The molecule has 1 heteroatoms. The first kappa shape index (κ1) is 13.4. The molecule has 0 amide bonds. The highest BCUT2D eigenvalue weighted by atomic mass is 15.0. The highest BCUT2D eigenvalue weighted by Crippen LogP contribution is 2.49. The second-order valence-electron chi connectivity index (χ2n) is 7.74. The Bertz CT molecular complexity index is 235. The van der Waals surface area contributed by atoms with Gasteiger partial charge < -0.3 is 5.32 Å². The molecule has 0 saturated heterocycles. The predicted molar refractivity (Wildman–Crippen MR) is 75.2 cm³/mol. The Hall–Kier alpha value is -0.0400. The van der Waals surface area contributed by atoms with Crippen LogP contribution >= 0.6 is 0 Å². The van der Waals surface area contributed by atoms with Crippen molar-refractivity contribution in [1.82, 2.24) is 5.32 Å². The van der Waals surface area contributed by atoms with Gasteiger partial charge in [0, 0.05) is 12.1 Å². The minimum Gasteiger partial charge on any atom is -0.311 e. The van der Waals surface area contributed by atoms with E-state index in [1.807, 2.05) is 0 Å². The average Bonchev–Trinajstić information content (AvgIpc) is 2.69. The SMILES string of the molecule is CC(NC1CCC2(CCCC2)CC1)C(C)(C)C. The van der Waals surface area contributed by atoms with Crippen molar-refractivity contribution in [2.75, 3.05) is 0 Å². The summed E-state index contributed by atoms with van der Waals surface area (Å²) in [5, 5.41) is 3.87. The van der Waals surface area contributed by atoms with Gasteiger partial charge in [0.05, 0.1) is 0 Å². The van der Waals surface area contributed by atoms with E-state index >= 15 is 0 Å². The van der Waals surface area contributed by atoms with Crippen LogP contribution in [0.15, 0.2) is 0 Å². The maximum absolute atomic E-state index is 3.87. The van der Waals surface area contributed by atoms with Crippen LogP contribution in [0.25, 0.3) is 0 Å². The van der Waals surface area contributed by atoms with Gasteiger partial charge in [-0.3, -0.25) is 0 Å². The Morgan fingerprint density at radius 3 is 2.00 bits per heavy atom. The molecule has 0 aromatic carbocycles. The highest BCUT2D eigenvalue weighted by molar-refractivity contribution is 4.92. The third-order valence-corrected chi connectivity index (χ3v) is 5.50. The Balaban J connectivity index is 1.79. The molecule has 0 aliphatic heterocycles. The normalized spacial score (nSPS) is 27.5. The smallest absolute Gasteiger partial charge is 0.00898 e. The van der Waals surface area contributed by atoms with E-state index in [9.17, 15) is 0 Å². The summed E-state index contributed by atoms with van der Waals surface area (Å²) in [7, 11) is 0. The summed E-state index contributed by atoms with van der Waals surface area (Å²) < 4.78 is 0. The van der Waals surface area contributed by atoms with Crippen LogP contribution in [0, 0.1) is 10.8 Å². The standard InChI is InChI=1S/C16H31N/c1-13(15(2,3)4)17-14-7-11-16(12-8-14)9-5-6-10-16/h13-14,17H,5-12H2,1-4H3. The van der Waals surface area contributed by atoms with Gasteiger partial charge in [0.2, 0.25) is 0 Å². The van der Waals surface area contributed by atoms with Gasteiger partial charge in [-0.05, 0) is 56.3 Å². The maximum Gasteiger partial charge on any atom is 0.00898 e. The summed E-state index contributed by atoms with van der Waals surface area (Å²) in [5.74, 6) is 0. The van der Waals surface area contributed by atoms with E-state index < -0.39 is 0 Å². The Morgan fingerprint density at radius 2 is 1.53 bits per heavy atom. The largest absolute Gasteiger partial charge is 0.311 e. The molecule has 1 unspecified atom stereocenters. The van der Waals surface area contributed by atoms with Gasteiger partial charge >= 0.3 is 0 Å². The first-order valence-corrected chi connectivity index (χ1v) is 7.67. The molecular formula is C16H31N. The van der Waals surface area contributed by atoms with Crippen molar-refractivity contribution < 1.29 is 0 Å². The van der Waals surface area contributed by atoms with Crippen LogP contribution in [0.3, 0.4) is 0 Å². The van der Waals surface area contributed by atoms with Gasteiger partial charge in [-0.25, -0.2) is 0 Å². The van der Waals surface area contributed by atoms with E-state index in [0.29, 0.717) is 11.5 Å². The van der Waals surface area contributed by atoms with Gasteiger partial charge in [-0.1, -0.05) is 33.6 Å². The zero-order chi connectivity index (χ0) is 12.5. The van der Waals surface area contributed by atoms with Gasteiger partial charge in [-0.15, -0.1) is 0 Å². The molecular weight excluding hydrogens is 206 g/mol. The fourth-order valence-electron chi connectivity index (χ4n) is 3.63. The van der Waals surface area contributed by atoms with Crippen LogP contribution < -0.4 is 5.32 Å². The molecule has 0 heterocycles. The summed E-state index contributed by atoms with van der Waals surface area (Å²) in [6, 6.07) is 1.42. The molecule has 2 aliphatic rings. The van der Waals surface area contributed by atoms with Crippen LogP contribution in [0.5, 0.6) is 0 Å². The molecule has 1 nitrogen and oxygen atoms in total. The summed E-state index contributed by atoms with van der Waals surface area (Å²) in [5.41, 5.74) is 1.17. The molecule has 0 aromatic rings. The third-order valence-electron chi connectivity index (χ3n) is 5.50. The minimum atomic E-state index is 0.391. The highest BCUT2D eigenvalue weighted by Gasteiger charge is 2.38. The summed E-state index contributed by atoms with van der Waals surface area (Å²) in [6.45, 7) is 9.36. The van der Waals surface area contributed by atoms with Gasteiger partial charge in [0.1, 0.15) is 0 Å². The second kappa shape index (κ2) is 4.91. The van der Waals surface area contributed by atoms with Crippen molar-refractivity contribution in [3.63, 3.8) is 0 Å². The number of nitrogens with one attached hydrogen (secondary N) is 1. The first-order chi connectivity index (χ1) is 7.91. The molecule has 0 bridgehead atoms. The molecule has 1 atom stereocenters. The van der Waals surface area contributed by atoms with E-state index in [2.05, 4.69) is 33.0 Å². The predicted octanol–water partition coefficient (Wildman–Crippen LogP) is 4.51. The topological polar surface area (TPSA) is 12.0 Å². The maximum atomic E-state index is 3.87. The Morgan fingerprint density at radius 1 is 1.00 bits per heavy atom. The van der Waals surface area contributed by atoms with Gasteiger partial charge in [-0.2, -0.15) is 0 Å². The van der Waals surface area contributed by atoms with E-state index in [1.165, 1.54) is 51.4 Å². The molecule has 1 N–H and O–H groups in total. The van der Waals surface area contributed by atoms with Crippen molar-refractivity contribution >= 4 is 0 Å². The number of hydrogen-bond donors (Lipinski definition) is 1. The fraction of sp³-hybridized carbons (Fsp3) is 1.00. The molecule has 17 heavy (non-hydrogen) atoms. The van der Waals surface area contributed by atoms with Crippen molar-refractivity contribution in [2.45, 2.75) is 91.1 Å². The van der Waals surface area contributed by atoms with Crippen LogP contribution in [0.4, 0.5) is 0 Å². The van der Waals surface area contributed by atoms with Crippen molar-refractivity contribution in [3.05, 3.63) is 0 Å². The van der Waals surface area contributed by atoms with Crippen LogP contribution in [-0.4, -0.2) is 12.1 Å². The molecule has 0 aromatic heterocycles. The Labute approximate surface area is 108 Å². The molecule has 2 fully saturated rings. The molecule has 2 rings (SSSR count). The monoisotopic (exact) mass is 237 g/mol. The second-order valence-corrected chi connectivity index (χ2v) is 7.74. The lowest BCUT2D eigenvalue weighted by Gasteiger charge is -2.40. The van der Waals surface area contributed by atoms with E-state index in [0.717, 1.165) is 11.5 Å². The summed E-state index contributed by atoms with van der Waals surface area (Å²) in [6.07, 6.45) is 11.8. The van der Waals surface area contributed by atoms with Crippen LogP contribution in [0.2, 0.25) is 0 Å². The Kier molecular flexibility index (Phi) is 3.87. The van der Waals surface area contributed by atoms with Crippen LogP contribution in [-0.2, 0) is 0 Å². The van der Waals surface area contributed by atoms with Crippen molar-refractivity contribution in [3.8, 4) is 0 Å². The van der Waals surface area contributed by atoms with Gasteiger partial charge in [0.15, 0.2) is 0 Å². The number of rotatable bonds is 2.